The van der Waals surface area contributed by atoms with Gasteiger partial charge in [0.25, 0.3) is 0 Å². The van der Waals surface area contributed by atoms with E-state index < -0.39 is 6.04 Å². The van der Waals surface area contributed by atoms with Crippen molar-refractivity contribution in [2.45, 2.75) is 19.9 Å². The zero-order chi connectivity index (χ0) is 14.7. The van der Waals surface area contributed by atoms with E-state index in [0.717, 1.165) is 0 Å². The summed E-state index contributed by atoms with van der Waals surface area (Å²) in [5.41, 5.74) is 7.15. The highest BCUT2D eigenvalue weighted by atomic mass is 19.1. The summed E-state index contributed by atoms with van der Waals surface area (Å²) in [6.07, 6.45) is 0. The lowest BCUT2D eigenvalue weighted by atomic mass is 10.1. The van der Waals surface area contributed by atoms with Gasteiger partial charge in [-0.25, -0.2) is 4.39 Å². The lowest BCUT2D eigenvalue weighted by Gasteiger charge is -2.30. The summed E-state index contributed by atoms with van der Waals surface area (Å²) < 4.78 is 18.6. The van der Waals surface area contributed by atoms with Crippen molar-refractivity contribution in [2.75, 3.05) is 37.4 Å². The molecule has 5 nitrogen and oxygen atoms in total. The zero-order valence-corrected chi connectivity index (χ0v) is 11.8. The molecule has 2 rings (SSSR count). The minimum atomic E-state index is -0.416. The molecule has 1 saturated heterocycles. The van der Waals surface area contributed by atoms with E-state index in [1.165, 1.54) is 6.07 Å². The van der Waals surface area contributed by atoms with Crippen molar-refractivity contribution >= 4 is 17.3 Å². The molecule has 0 saturated carbocycles. The number of aryl methyl sites for hydroxylation is 1. The van der Waals surface area contributed by atoms with Crippen molar-refractivity contribution in [3.05, 3.63) is 23.5 Å². The van der Waals surface area contributed by atoms with E-state index in [-0.39, 0.29) is 11.7 Å². The highest BCUT2D eigenvalue weighted by molar-refractivity contribution is 5.85. The third-order valence-electron chi connectivity index (χ3n) is 3.40. The molecule has 110 valence electrons. The first-order chi connectivity index (χ1) is 9.49. The van der Waals surface area contributed by atoms with Crippen LogP contribution >= 0.6 is 0 Å². The van der Waals surface area contributed by atoms with E-state index >= 15 is 0 Å². The van der Waals surface area contributed by atoms with Crippen LogP contribution in [-0.4, -0.2) is 43.2 Å². The van der Waals surface area contributed by atoms with Crippen LogP contribution in [0.3, 0.4) is 0 Å². The highest BCUT2D eigenvalue weighted by Crippen LogP contribution is 2.23. The Balaban J connectivity index is 2.05. The van der Waals surface area contributed by atoms with Gasteiger partial charge < -0.3 is 20.7 Å². The maximum absolute atomic E-state index is 13.3. The fourth-order valence-corrected chi connectivity index (χ4v) is 2.17. The molecule has 6 heteroatoms. The third kappa shape index (κ3) is 3.19. The first kappa shape index (κ1) is 14.6. The maximum Gasteiger partial charge on any atom is 0.244 e. The van der Waals surface area contributed by atoms with Gasteiger partial charge in [0.15, 0.2) is 0 Å². The molecule has 0 aromatic heterocycles. The molecule has 1 aromatic carbocycles. The lowest BCUT2D eigenvalue weighted by Crippen LogP contribution is -2.47. The second-order valence-electron chi connectivity index (χ2n) is 4.99. The van der Waals surface area contributed by atoms with Crippen LogP contribution < -0.4 is 11.1 Å². The number of carbonyl (C=O) groups is 1. The molecule has 20 heavy (non-hydrogen) atoms. The molecule has 1 atom stereocenters. The molecule has 0 radical (unpaired) electrons. The second kappa shape index (κ2) is 6.09. The van der Waals surface area contributed by atoms with Crippen LogP contribution in [0.4, 0.5) is 15.8 Å². The second-order valence-corrected chi connectivity index (χ2v) is 4.99. The number of nitrogens with two attached hydrogens (primary N) is 1. The van der Waals surface area contributed by atoms with Crippen molar-refractivity contribution in [3.63, 3.8) is 0 Å². The van der Waals surface area contributed by atoms with E-state index in [1.807, 2.05) is 0 Å². The summed E-state index contributed by atoms with van der Waals surface area (Å²) in [5, 5.41) is 3.05. The summed E-state index contributed by atoms with van der Waals surface area (Å²) in [7, 11) is 0. The SMILES string of the molecule is Cc1cc(NC(C)C(=O)N2CCOCC2)c(N)cc1F. The normalized spacial score (nSPS) is 16.9. The van der Waals surface area contributed by atoms with E-state index in [0.29, 0.717) is 43.2 Å². The van der Waals surface area contributed by atoms with E-state index in [4.69, 9.17) is 10.5 Å². The summed E-state index contributed by atoms with van der Waals surface area (Å²) in [6, 6.07) is 2.47. The van der Waals surface area contributed by atoms with Gasteiger partial charge in [-0.15, -0.1) is 0 Å². The van der Waals surface area contributed by atoms with E-state index in [1.54, 1.807) is 24.8 Å². The standard InChI is InChI=1S/C14H20FN3O2/c1-9-7-13(12(16)8-11(9)15)17-10(2)14(19)18-3-5-20-6-4-18/h7-8,10,17H,3-6,16H2,1-2H3. The summed E-state index contributed by atoms with van der Waals surface area (Å²) in [4.78, 5) is 14.0. The number of morpholine rings is 1. The van der Waals surface area contributed by atoms with Gasteiger partial charge >= 0.3 is 0 Å². The molecule has 1 aromatic rings. The average molecular weight is 281 g/mol. The van der Waals surface area contributed by atoms with Crippen LogP contribution in [0.25, 0.3) is 0 Å². The van der Waals surface area contributed by atoms with Gasteiger partial charge in [0.05, 0.1) is 24.6 Å². The molecule has 1 aliphatic heterocycles. The minimum Gasteiger partial charge on any atom is -0.397 e. The van der Waals surface area contributed by atoms with Crippen molar-refractivity contribution in [3.8, 4) is 0 Å². The summed E-state index contributed by atoms with van der Waals surface area (Å²) in [5.74, 6) is -0.352. The van der Waals surface area contributed by atoms with E-state index in [9.17, 15) is 9.18 Å². The zero-order valence-electron chi connectivity index (χ0n) is 11.8. The van der Waals surface area contributed by atoms with Crippen molar-refractivity contribution in [2.24, 2.45) is 0 Å². The average Bonchev–Trinajstić information content (AvgIpc) is 2.44. The first-order valence-corrected chi connectivity index (χ1v) is 6.67. The van der Waals surface area contributed by atoms with Crippen LogP contribution in [0, 0.1) is 12.7 Å². The molecule has 0 aliphatic carbocycles. The molecular weight excluding hydrogens is 261 g/mol. The number of amides is 1. The van der Waals surface area contributed by atoms with Crippen LogP contribution in [-0.2, 0) is 9.53 Å². The van der Waals surface area contributed by atoms with E-state index in [2.05, 4.69) is 5.32 Å². The summed E-state index contributed by atoms with van der Waals surface area (Å²) >= 11 is 0. The number of hydrogen-bond acceptors (Lipinski definition) is 4. The molecule has 1 heterocycles. The van der Waals surface area contributed by atoms with Crippen LogP contribution in [0.1, 0.15) is 12.5 Å². The van der Waals surface area contributed by atoms with Crippen molar-refractivity contribution < 1.29 is 13.9 Å². The predicted molar refractivity (Wildman–Crippen MR) is 76.0 cm³/mol. The Morgan fingerprint density at radius 1 is 1.45 bits per heavy atom. The molecule has 0 bridgehead atoms. The van der Waals surface area contributed by atoms with Gasteiger partial charge in [-0.2, -0.15) is 0 Å². The highest BCUT2D eigenvalue weighted by Gasteiger charge is 2.22. The number of hydrogen-bond donors (Lipinski definition) is 2. The van der Waals surface area contributed by atoms with Crippen molar-refractivity contribution in [1.82, 2.24) is 4.90 Å². The topological polar surface area (TPSA) is 67.6 Å². The number of anilines is 2. The Morgan fingerprint density at radius 3 is 2.75 bits per heavy atom. The molecule has 3 N–H and O–H groups in total. The Morgan fingerprint density at radius 2 is 2.10 bits per heavy atom. The number of nitrogens with one attached hydrogen (secondary N) is 1. The number of ether oxygens (including phenoxy) is 1. The smallest absolute Gasteiger partial charge is 0.244 e. The number of rotatable bonds is 3. The first-order valence-electron chi connectivity index (χ1n) is 6.67. The number of halogens is 1. The lowest BCUT2D eigenvalue weighted by molar-refractivity contribution is -0.135. The molecule has 1 amide bonds. The van der Waals surface area contributed by atoms with Gasteiger partial charge in [0.1, 0.15) is 11.9 Å². The molecule has 1 fully saturated rings. The monoisotopic (exact) mass is 281 g/mol. The van der Waals surface area contributed by atoms with Gasteiger partial charge in [0, 0.05) is 13.1 Å². The Kier molecular flexibility index (Phi) is 4.44. The van der Waals surface area contributed by atoms with Crippen LogP contribution in [0.5, 0.6) is 0 Å². The fourth-order valence-electron chi connectivity index (χ4n) is 2.17. The van der Waals surface area contributed by atoms with Gasteiger partial charge in [-0.3, -0.25) is 4.79 Å². The Hall–Kier alpha value is -1.82. The Bertz CT molecular complexity index is 501. The van der Waals surface area contributed by atoms with Gasteiger partial charge in [0.2, 0.25) is 5.91 Å². The number of carbonyl (C=O) groups excluding carboxylic acids is 1. The minimum absolute atomic E-state index is 0.00493. The molecule has 1 unspecified atom stereocenters. The summed E-state index contributed by atoms with van der Waals surface area (Å²) in [6.45, 7) is 5.77. The quantitative estimate of drug-likeness (QED) is 0.821. The van der Waals surface area contributed by atoms with Crippen LogP contribution in [0.15, 0.2) is 12.1 Å². The third-order valence-corrected chi connectivity index (χ3v) is 3.40. The van der Waals surface area contributed by atoms with Gasteiger partial charge in [-0.1, -0.05) is 0 Å². The Labute approximate surface area is 117 Å². The largest absolute Gasteiger partial charge is 0.397 e. The maximum atomic E-state index is 13.3. The van der Waals surface area contributed by atoms with Gasteiger partial charge in [-0.05, 0) is 31.5 Å². The number of nitrogen functional groups attached to an aromatic ring is 1. The van der Waals surface area contributed by atoms with Crippen molar-refractivity contribution in [1.29, 1.82) is 0 Å². The fraction of sp³-hybridized carbons (Fsp3) is 0.500. The predicted octanol–water partition coefficient (Wildman–Crippen LogP) is 1.38. The molecular formula is C14H20FN3O2. The molecule has 1 aliphatic rings. The number of benzene rings is 1. The van der Waals surface area contributed by atoms with Crippen LogP contribution in [0.2, 0.25) is 0 Å². The molecule has 0 spiro atoms. The number of nitrogens with zero attached hydrogens (tertiary/aromatic N) is 1.